The first kappa shape index (κ1) is 15.6. The number of amides is 1. The number of nitrogens with zero attached hydrogens (tertiary/aromatic N) is 2. The molecule has 1 aromatic rings. The molecule has 2 rings (SSSR count). The highest BCUT2D eigenvalue weighted by Gasteiger charge is 2.41. The number of thioether (sulfide) groups is 1. The molecule has 0 aliphatic heterocycles. The van der Waals surface area contributed by atoms with Gasteiger partial charge < -0.3 is 10.2 Å². The van der Waals surface area contributed by atoms with Crippen LogP contribution in [0.4, 0.5) is 11.4 Å². The van der Waals surface area contributed by atoms with Gasteiger partial charge in [-0.25, -0.2) is 0 Å². The summed E-state index contributed by atoms with van der Waals surface area (Å²) in [5.74, 6) is -0.168. The highest BCUT2D eigenvalue weighted by Crippen LogP contribution is 2.47. The van der Waals surface area contributed by atoms with Crippen molar-refractivity contribution >= 4 is 29.0 Å². The highest BCUT2D eigenvalue weighted by molar-refractivity contribution is 8.00. The summed E-state index contributed by atoms with van der Waals surface area (Å²) in [6, 6.07) is 4.45. The molecule has 0 spiro atoms. The van der Waals surface area contributed by atoms with Gasteiger partial charge in [0.05, 0.1) is 4.92 Å². The molecule has 0 heterocycles. The first-order valence-electron chi connectivity index (χ1n) is 6.68. The van der Waals surface area contributed by atoms with Crippen LogP contribution in [0.5, 0.6) is 0 Å². The summed E-state index contributed by atoms with van der Waals surface area (Å²) in [6.07, 6.45) is 4.28. The largest absolute Gasteiger partial charge is 0.378 e. The van der Waals surface area contributed by atoms with Gasteiger partial charge in [-0.2, -0.15) is 11.8 Å². The van der Waals surface area contributed by atoms with Gasteiger partial charge in [-0.05, 0) is 31.2 Å². The quantitative estimate of drug-likeness (QED) is 0.646. The second-order valence-electron chi connectivity index (χ2n) is 5.43. The summed E-state index contributed by atoms with van der Waals surface area (Å²) < 4.78 is 0.190. The molecule has 0 saturated heterocycles. The number of hydrogen-bond acceptors (Lipinski definition) is 5. The minimum Gasteiger partial charge on any atom is -0.378 e. The number of rotatable bonds is 6. The van der Waals surface area contributed by atoms with Gasteiger partial charge >= 0.3 is 0 Å². The van der Waals surface area contributed by atoms with Crippen LogP contribution in [0, 0.1) is 10.1 Å². The molecule has 1 aliphatic carbocycles. The zero-order chi connectivity index (χ0) is 15.6. The number of nitrogens with one attached hydrogen (secondary N) is 1. The standard InChI is InChI=1S/C14H19N3O3S/c1-16(2)13(18)10-4-5-12(17(19)20)11(8-10)15-9-14(21-3)6-7-14/h4-5,8,15H,6-7,9H2,1-3H3. The van der Waals surface area contributed by atoms with Crippen LogP contribution in [-0.2, 0) is 0 Å². The van der Waals surface area contributed by atoms with Crippen molar-refractivity contribution in [1.29, 1.82) is 0 Å². The smallest absolute Gasteiger partial charge is 0.292 e. The third kappa shape index (κ3) is 3.47. The lowest BCUT2D eigenvalue weighted by Crippen LogP contribution is -2.22. The average Bonchev–Trinajstić information content (AvgIpc) is 3.24. The number of carbonyl (C=O) groups is 1. The molecular formula is C14H19N3O3S. The molecule has 6 nitrogen and oxygen atoms in total. The minimum absolute atomic E-state index is 0.00205. The fourth-order valence-electron chi connectivity index (χ4n) is 2.08. The van der Waals surface area contributed by atoms with Gasteiger partial charge in [0.2, 0.25) is 0 Å². The van der Waals surface area contributed by atoms with Crippen molar-refractivity contribution in [2.24, 2.45) is 0 Å². The Morgan fingerprint density at radius 1 is 1.48 bits per heavy atom. The maximum Gasteiger partial charge on any atom is 0.292 e. The van der Waals surface area contributed by atoms with Crippen molar-refractivity contribution in [1.82, 2.24) is 4.90 Å². The van der Waals surface area contributed by atoms with Gasteiger partial charge in [-0.1, -0.05) is 0 Å². The van der Waals surface area contributed by atoms with Crippen molar-refractivity contribution in [2.75, 3.05) is 32.2 Å². The highest BCUT2D eigenvalue weighted by atomic mass is 32.2. The fourth-order valence-corrected chi connectivity index (χ4v) is 2.80. The Morgan fingerprint density at radius 3 is 2.62 bits per heavy atom. The normalized spacial score (nSPS) is 15.4. The Hall–Kier alpha value is -1.76. The van der Waals surface area contributed by atoms with Crippen LogP contribution in [0.25, 0.3) is 0 Å². The summed E-state index contributed by atoms with van der Waals surface area (Å²) in [5.41, 5.74) is 0.859. The van der Waals surface area contributed by atoms with E-state index < -0.39 is 4.92 Å². The molecule has 0 atom stereocenters. The molecular weight excluding hydrogens is 290 g/mol. The van der Waals surface area contributed by atoms with Crippen molar-refractivity contribution in [3.8, 4) is 0 Å². The molecule has 0 bridgehead atoms. The van der Waals surface area contributed by atoms with Gasteiger partial charge in [0.1, 0.15) is 5.69 Å². The van der Waals surface area contributed by atoms with Crippen LogP contribution < -0.4 is 5.32 Å². The zero-order valence-corrected chi connectivity index (χ0v) is 13.2. The van der Waals surface area contributed by atoms with Crippen molar-refractivity contribution in [3.05, 3.63) is 33.9 Å². The lowest BCUT2D eigenvalue weighted by molar-refractivity contribution is -0.384. The van der Waals surface area contributed by atoms with Crippen molar-refractivity contribution < 1.29 is 9.72 Å². The van der Waals surface area contributed by atoms with Gasteiger partial charge in [-0.15, -0.1) is 0 Å². The third-order valence-electron chi connectivity index (χ3n) is 3.69. The summed E-state index contributed by atoms with van der Waals surface area (Å²) in [4.78, 5) is 24.1. The van der Waals surface area contributed by atoms with E-state index in [9.17, 15) is 14.9 Å². The van der Waals surface area contributed by atoms with Crippen LogP contribution in [0.3, 0.4) is 0 Å². The monoisotopic (exact) mass is 309 g/mol. The van der Waals surface area contributed by atoms with E-state index in [-0.39, 0.29) is 16.3 Å². The van der Waals surface area contributed by atoms with Crippen molar-refractivity contribution in [2.45, 2.75) is 17.6 Å². The van der Waals surface area contributed by atoms with E-state index in [2.05, 4.69) is 11.6 Å². The maximum absolute atomic E-state index is 12.0. The summed E-state index contributed by atoms with van der Waals surface area (Å²) in [7, 11) is 3.31. The molecule has 0 aromatic heterocycles. The number of anilines is 1. The van der Waals surface area contributed by atoms with E-state index in [1.54, 1.807) is 31.9 Å². The first-order valence-corrected chi connectivity index (χ1v) is 7.90. The number of hydrogen-bond donors (Lipinski definition) is 1. The van der Waals surface area contributed by atoms with Crippen LogP contribution in [0.2, 0.25) is 0 Å². The average molecular weight is 309 g/mol. The van der Waals surface area contributed by atoms with Gasteiger partial charge in [0.25, 0.3) is 11.6 Å². The molecule has 1 aromatic carbocycles. The Morgan fingerprint density at radius 2 is 2.14 bits per heavy atom. The molecule has 1 N–H and O–H groups in total. The van der Waals surface area contributed by atoms with Crippen LogP contribution in [-0.4, -0.2) is 47.4 Å². The number of nitro benzene ring substituents is 1. The lowest BCUT2D eigenvalue weighted by atomic mass is 10.1. The van der Waals surface area contributed by atoms with E-state index >= 15 is 0 Å². The van der Waals surface area contributed by atoms with E-state index in [0.717, 1.165) is 12.8 Å². The van der Waals surface area contributed by atoms with Crippen LogP contribution >= 0.6 is 11.8 Å². The molecule has 0 radical (unpaired) electrons. The van der Waals surface area contributed by atoms with E-state index in [1.165, 1.54) is 17.0 Å². The first-order chi connectivity index (χ1) is 9.88. The van der Waals surface area contributed by atoms with Crippen LogP contribution in [0.15, 0.2) is 18.2 Å². The Kier molecular flexibility index (Phi) is 4.41. The number of benzene rings is 1. The SMILES string of the molecule is CSC1(CNc2cc(C(=O)N(C)C)ccc2[N+](=O)[O-])CC1. The number of nitro groups is 1. The minimum atomic E-state index is -0.426. The lowest BCUT2D eigenvalue weighted by Gasteiger charge is -2.16. The van der Waals surface area contributed by atoms with Crippen LogP contribution in [0.1, 0.15) is 23.2 Å². The van der Waals surface area contributed by atoms with E-state index in [1.807, 2.05) is 0 Å². The second kappa shape index (κ2) is 5.93. The maximum atomic E-state index is 12.0. The predicted octanol–water partition coefficient (Wildman–Crippen LogP) is 2.60. The zero-order valence-electron chi connectivity index (χ0n) is 12.4. The Labute approximate surface area is 128 Å². The molecule has 1 fully saturated rings. The van der Waals surface area contributed by atoms with E-state index in [4.69, 9.17) is 0 Å². The predicted molar refractivity (Wildman–Crippen MR) is 85.1 cm³/mol. The summed E-state index contributed by atoms with van der Waals surface area (Å²) in [5, 5.41) is 14.3. The van der Waals surface area contributed by atoms with Crippen molar-refractivity contribution in [3.63, 3.8) is 0 Å². The van der Waals surface area contributed by atoms with Gasteiger partial charge in [0.15, 0.2) is 0 Å². The topological polar surface area (TPSA) is 75.5 Å². The molecule has 7 heteroatoms. The molecule has 114 valence electrons. The summed E-state index contributed by atoms with van der Waals surface area (Å²) >= 11 is 1.78. The molecule has 21 heavy (non-hydrogen) atoms. The molecule has 0 unspecified atom stereocenters. The molecule has 1 amide bonds. The fraction of sp³-hybridized carbons (Fsp3) is 0.500. The third-order valence-corrected chi connectivity index (χ3v) is 5.11. The van der Waals surface area contributed by atoms with E-state index in [0.29, 0.717) is 17.8 Å². The molecule has 1 saturated carbocycles. The molecule has 1 aliphatic rings. The number of carbonyl (C=O) groups excluding carboxylic acids is 1. The second-order valence-corrected chi connectivity index (χ2v) is 6.70. The summed E-state index contributed by atoms with van der Waals surface area (Å²) in [6.45, 7) is 0.675. The Balaban J connectivity index is 2.24. The van der Waals surface area contributed by atoms with Gasteiger partial charge in [-0.3, -0.25) is 14.9 Å². The Bertz CT molecular complexity index is 571. The van der Waals surface area contributed by atoms with Gasteiger partial charge in [0, 0.05) is 37.0 Å².